The zero-order valence-electron chi connectivity index (χ0n) is 11.9. The molecule has 0 aliphatic rings. The molecule has 6 nitrogen and oxygen atoms in total. The molecule has 1 amide bonds. The molecule has 1 N–H and O–H groups in total. The van der Waals surface area contributed by atoms with E-state index in [4.69, 9.17) is 4.52 Å². The van der Waals surface area contributed by atoms with E-state index in [9.17, 15) is 4.79 Å². The van der Waals surface area contributed by atoms with Gasteiger partial charge in [-0.05, 0) is 34.6 Å². The predicted octanol–water partition coefficient (Wildman–Crippen LogP) is 2.38. The van der Waals surface area contributed by atoms with Gasteiger partial charge in [0.05, 0.1) is 11.3 Å². The molecule has 0 saturated carbocycles. The van der Waals surface area contributed by atoms with Crippen LogP contribution in [0.2, 0.25) is 0 Å². The van der Waals surface area contributed by atoms with E-state index in [2.05, 4.69) is 15.6 Å². The summed E-state index contributed by atoms with van der Waals surface area (Å²) >= 11 is 0. The first-order valence-electron chi connectivity index (χ1n) is 6.23. The molecule has 6 heteroatoms. The topological polar surface area (TPSA) is 73.0 Å². The van der Waals surface area contributed by atoms with Gasteiger partial charge in [0, 0.05) is 12.2 Å². The molecule has 2 rings (SSSR count). The van der Waals surface area contributed by atoms with Gasteiger partial charge in [0.15, 0.2) is 5.76 Å². The van der Waals surface area contributed by atoms with Crippen molar-refractivity contribution in [3.8, 4) is 0 Å². The van der Waals surface area contributed by atoms with E-state index in [1.54, 1.807) is 13.8 Å². The third-order valence-corrected chi connectivity index (χ3v) is 3.18. The zero-order valence-corrected chi connectivity index (χ0v) is 11.9. The summed E-state index contributed by atoms with van der Waals surface area (Å²) in [5.41, 5.74) is 3.51. The number of aryl methyl sites for hydroxylation is 4. The van der Waals surface area contributed by atoms with Crippen LogP contribution < -0.4 is 5.32 Å². The Labute approximate surface area is 111 Å². The molecular weight excluding hydrogens is 244 g/mol. The summed E-state index contributed by atoms with van der Waals surface area (Å²) in [6.45, 7) is 10.0. The Morgan fingerprint density at radius 2 is 1.95 bits per heavy atom. The van der Waals surface area contributed by atoms with Crippen LogP contribution in [0.15, 0.2) is 4.52 Å². The lowest BCUT2D eigenvalue weighted by molar-refractivity contribution is 0.102. The fraction of sp³-hybridized carbons (Fsp3) is 0.462. The van der Waals surface area contributed by atoms with Gasteiger partial charge in [-0.25, -0.2) is 0 Å². The molecular formula is C13H18N4O2. The number of hydrogen-bond acceptors (Lipinski definition) is 4. The number of hydrogen-bond donors (Lipinski definition) is 1. The molecule has 0 aliphatic heterocycles. The third-order valence-electron chi connectivity index (χ3n) is 3.18. The predicted molar refractivity (Wildman–Crippen MR) is 71.3 cm³/mol. The molecule has 0 bridgehead atoms. The van der Waals surface area contributed by atoms with E-state index in [0.29, 0.717) is 22.7 Å². The summed E-state index contributed by atoms with van der Waals surface area (Å²) in [6.07, 6.45) is 0. The summed E-state index contributed by atoms with van der Waals surface area (Å²) in [5.74, 6) is 0.424. The standard InChI is InChI=1S/C13H18N4O2/c1-6-17-9(4)11(7(2)15-17)13(18)14-12-8(3)16-19-10(12)5/h6H2,1-5H3,(H,14,18). The lowest BCUT2D eigenvalue weighted by atomic mass is 10.1. The summed E-state index contributed by atoms with van der Waals surface area (Å²) in [7, 11) is 0. The highest BCUT2D eigenvalue weighted by Gasteiger charge is 2.20. The largest absolute Gasteiger partial charge is 0.359 e. The molecule has 102 valence electrons. The number of anilines is 1. The molecule has 19 heavy (non-hydrogen) atoms. The maximum absolute atomic E-state index is 12.4. The Kier molecular flexibility index (Phi) is 3.42. The van der Waals surface area contributed by atoms with Crippen molar-refractivity contribution in [2.45, 2.75) is 41.2 Å². The number of rotatable bonds is 3. The monoisotopic (exact) mass is 262 g/mol. The highest BCUT2D eigenvalue weighted by molar-refractivity contribution is 6.06. The average molecular weight is 262 g/mol. The summed E-state index contributed by atoms with van der Waals surface area (Å²) < 4.78 is 6.85. The van der Waals surface area contributed by atoms with Crippen molar-refractivity contribution in [1.29, 1.82) is 0 Å². The fourth-order valence-electron chi connectivity index (χ4n) is 2.17. The van der Waals surface area contributed by atoms with E-state index < -0.39 is 0 Å². The first-order chi connectivity index (χ1) is 8.95. The van der Waals surface area contributed by atoms with Crippen LogP contribution in [0, 0.1) is 27.7 Å². The van der Waals surface area contributed by atoms with Gasteiger partial charge in [-0.1, -0.05) is 5.16 Å². The number of aromatic nitrogens is 3. The first kappa shape index (κ1) is 13.3. The van der Waals surface area contributed by atoms with Gasteiger partial charge in [-0.3, -0.25) is 9.48 Å². The van der Waals surface area contributed by atoms with Crippen molar-refractivity contribution in [3.05, 3.63) is 28.4 Å². The van der Waals surface area contributed by atoms with E-state index in [-0.39, 0.29) is 5.91 Å². The van der Waals surface area contributed by atoms with Crippen molar-refractivity contribution in [2.24, 2.45) is 0 Å². The lowest BCUT2D eigenvalue weighted by Gasteiger charge is -2.05. The van der Waals surface area contributed by atoms with E-state index in [1.165, 1.54) is 0 Å². The van der Waals surface area contributed by atoms with Crippen LogP contribution in [0.5, 0.6) is 0 Å². The molecule has 0 unspecified atom stereocenters. The van der Waals surface area contributed by atoms with Crippen LogP contribution in [-0.4, -0.2) is 20.8 Å². The van der Waals surface area contributed by atoms with Gasteiger partial charge >= 0.3 is 0 Å². The van der Waals surface area contributed by atoms with Gasteiger partial charge < -0.3 is 9.84 Å². The summed E-state index contributed by atoms with van der Waals surface area (Å²) in [4.78, 5) is 12.4. The van der Waals surface area contributed by atoms with Crippen molar-refractivity contribution < 1.29 is 9.32 Å². The lowest BCUT2D eigenvalue weighted by Crippen LogP contribution is -2.15. The van der Waals surface area contributed by atoms with Crippen LogP contribution in [0.4, 0.5) is 5.69 Å². The quantitative estimate of drug-likeness (QED) is 0.921. The third kappa shape index (κ3) is 2.25. The second-order valence-electron chi connectivity index (χ2n) is 4.51. The molecule has 0 fully saturated rings. The maximum atomic E-state index is 12.4. The minimum Gasteiger partial charge on any atom is -0.359 e. The molecule has 0 aromatic carbocycles. The molecule has 0 spiro atoms. The SMILES string of the molecule is CCn1nc(C)c(C(=O)Nc2c(C)noc2C)c1C. The Morgan fingerprint density at radius 3 is 2.42 bits per heavy atom. The Bertz CT molecular complexity index is 605. The van der Waals surface area contributed by atoms with Crippen LogP contribution >= 0.6 is 0 Å². The summed E-state index contributed by atoms with van der Waals surface area (Å²) in [5, 5.41) is 11.0. The van der Waals surface area contributed by atoms with Crippen molar-refractivity contribution in [3.63, 3.8) is 0 Å². The Morgan fingerprint density at radius 1 is 1.26 bits per heavy atom. The van der Waals surface area contributed by atoms with E-state index in [1.807, 2.05) is 25.5 Å². The molecule has 2 heterocycles. The average Bonchev–Trinajstić information content (AvgIpc) is 2.82. The maximum Gasteiger partial charge on any atom is 0.259 e. The second kappa shape index (κ2) is 4.87. The smallest absolute Gasteiger partial charge is 0.259 e. The molecule has 0 aliphatic carbocycles. The van der Waals surface area contributed by atoms with Gasteiger partial charge in [-0.15, -0.1) is 0 Å². The van der Waals surface area contributed by atoms with Crippen molar-refractivity contribution in [1.82, 2.24) is 14.9 Å². The van der Waals surface area contributed by atoms with Crippen molar-refractivity contribution >= 4 is 11.6 Å². The molecule has 0 atom stereocenters. The minimum absolute atomic E-state index is 0.177. The summed E-state index contributed by atoms with van der Waals surface area (Å²) in [6, 6.07) is 0. The zero-order chi connectivity index (χ0) is 14.2. The molecule has 0 saturated heterocycles. The number of amides is 1. The van der Waals surface area contributed by atoms with Gasteiger partial charge in [0.2, 0.25) is 0 Å². The van der Waals surface area contributed by atoms with Crippen LogP contribution in [0.25, 0.3) is 0 Å². The number of carbonyl (C=O) groups excluding carboxylic acids is 1. The van der Waals surface area contributed by atoms with E-state index in [0.717, 1.165) is 17.9 Å². The number of carbonyl (C=O) groups is 1. The molecule has 0 radical (unpaired) electrons. The van der Waals surface area contributed by atoms with Gasteiger partial charge in [-0.2, -0.15) is 5.10 Å². The fourth-order valence-corrected chi connectivity index (χ4v) is 2.17. The normalized spacial score (nSPS) is 10.8. The number of nitrogens with zero attached hydrogens (tertiary/aromatic N) is 3. The highest BCUT2D eigenvalue weighted by atomic mass is 16.5. The first-order valence-corrected chi connectivity index (χ1v) is 6.23. The Hall–Kier alpha value is -2.11. The Balaban J connectivity index is 2.33. The minimum atomic E-state index is -0.177. The van der Waals surface area contributed by atoms with Crippen LogP contribution in [-0.2, 0) is 6.54 Å². The van der Waals surface area contributed by atoms with Gasteiger partial charge in [0.1, 0.15) is 11.4 Å². The van der Waals surface area contributed by atoms with Crippen molar-refractivity contribution in [2.75, 3.05) is 5.32 Å². The molecule has 2 aromatic rings. The number of nitrogens with one attached hydrogen (secondary N) is 1. The van der Waals surface area contributed by atoms with Gasteiger partial charge in [0.25, 0.3) is 5.91 Å². The molecule has 2 aromatic heterocycles. The van der Waals surface area contributed by atoms with Crippen LogP contribution in [0.1, 0.15) is 40.1 Å². The highest BCUT2D eigenvalue weighted by Crippen LogP contribution is 2.21. The van der Waals surface area contributed by atoms with Crippen LogP contribution in [0.3, 0.4) is 0 Å². The van der Waals surface area contributed by atoms with E-state index >= 15 is 0 Å². The second-order valence-corrected chi connectivity index (χ2v) is 4.51.